The Bertz CT molecular complexity index is 440. The van der Waals surface area contributed by atoms with E-state index in [0.29, 0.717) is 5.69 Å². The molecule has 0 unspecified atom stereocenters. The summed E-state index contributed by atoms with van der Waals surface area (Å²) < 4.78 is 73.5. The Morgan fingerprint density at radius 2 is 1.32 bits per heavy atom. The summed E-state index contributed by atoms with van der Waals surface area (Å²) in [6.45, 7) is 0. The minimum Gasteiger partial charge on any atom is -0.378 e. The predicted octanol–water partition coefficient (Wildman–Crippen LogP) is 3.95. The summed E-state index contributed by atoms with van der Waals surface area (Å²) in [6.07, 6.45) is -11.1. The van der Waals surface area contributed by atoms with Gasteiger partial charge in [0.05, 0.1) is 5.69 Å². The summed E-state index contributed by atoms with van der Waals surface area (Å²) in [5, 5.41) is 0. The quantitative estimate of drug-likeness (QED) is 0.593. The number of hydrogen-bond donors (Lipinski definition) is 0. The summed E-state index contributed by atoms with van der Waals surface area (Å²) in [7, 11) is 3.38. The second kappa shape index (κ2) is 5.10. The third-order valence-electron chi connectivity index (χ3n) is 2.14. The lowest BCUT2D eigenvalue weighted by Crippen LogP contribution is -2.36. The molecular formula is C11H10F6N2. The van der Waals surface area contributed by atoms with Crippen molar-refractivity contribution in [3.05, 3.63) is 24.3 Å². The molecule has 0 fully saturated rings. The molecule has 1 aromatic carbocycles. The van der Waals surface area contributed by atoms with E-state index in [-0.39, 0.29) is 0 Å². The van der Waals surface area contributed by atoms with Crippen LogP contribution in [0.15, 0.2) is 29.3 Å². The molecule has 0 aliphatic rings. The summed E-state index contributed by atoms with van der Waals surface area (Å²) in [4.78, 5) is 4.30. The molecule has 0 atom stereocenters. The Kier molecular flexibility index (Phi) is 4.12. The van der Waals surface area contributed by atoms with E-state index in [1.54, 1.807) is 19.0 Å². The minimum atomic E-state index is -5.54. The molecule has 1 rings (SSSR count). The lowest BCUT2D eigenvalue weighted by Gasteiger charge is -2.14. The molecule has 1 aromatic rings. The summed E-state index contributed by atoms with van der Waals surface area (Å²) >= 11 is 0. The number of rotatable bonds is 2. The first-order valence-corrected chi connectivity index (χ1v) is 5.02. The first-order chi connectivity index (χ1) is 8.51. The Balaban J connectivity index is 3.17. The number of benzene rings is 1. The first kappa shape index (κ1) is 15.3. The van der Waals surface area contributed by atoms with Crippen molar-refractivity contribution in [3.63, 3.8) is 0 Å². The van der Waals surface area contributed by atoms with E-state index in [9.17, 15) is 26.3 Å². The summed E-state index contributed by atoms with van der Waals surface area (Å²) in [5.41, 5.74) is -2.53. The van der Waals surface area contributed by atoms with Crippen molar-refractivity contribution < 1.29 is 26.3 Å². The van der Waals surface area contributed by atoms with E-state index in [2.05, 4.69) is 4.99 Å². The standard InChI is InChI=1S/C11H10F6N2/c1-19(2)8-5-3-7(4-6-8)18-9(10(12,13)14)11(15,16)17/h3-6H,1-2H3. The normalized spacial score (nSPS) is 12.2. The van der Waals surface area contributed by atoms with E-state index in [1.807, 2.05) is 0 Å². The molecule has 0 aliphatic heterocycles. The maximum atomic E-state index is 12.3. The maximum absolute atomic E-state index is 12.3. The van der Waals surface area contributed by atoms with Gasteiger partial charge in [-0.2, -0.15) is 26.3 Å². The Morgan fingerprint density at radius 3 is 1.63 bits per heavy atom. The average molecular weight is 284 g/mol. The predicted molar refractivity (Wildman–Crippen MR) is 60.0 cm³/mol. The first-order valence-electron chi connectivity index (χ1n) is 5.02. The molecule has 0 spiro atoms. The van der Waals surface area contributed by atoms with Gasteiger partial charge in [0.15, 0.2) is 0 Å². The molecule has 8 heteroatoms. The second-order valence-corrected chi connectivity index (χ2v) is 3.87. The minimum absolute atomic E-state index is 0.407. The van der Waals surface area contributed by atoms with Crippen LogP contribution in [0.1, 0.15) is 0 Å². The molecule has 106 valence electrons. The van der Waals surface area contributed by atoms with E-state index >= 15 is 0 Å². The van der Waals surface area contributed by atoms with Gasteiger partial charge in [-0.15, -0.1) is 0 Å². The van der Waals surface area contributed by atoms with Crippen LogP contribution in [0.2, 0.25) is 0 Å². The van der Waals surface area contributed by atoms with Gasteiger partial charge in [-0.3, -0.25) is 0 Å². The third kappa shape index (κ3) is 4.15. The van der Waals surface area contributed by atoms with Crippen molar-refractivity contribution in [3.8, 4) is 0 Å². The third-order valence-corrected chi connectivity index (χ3v) is 2.14. The lowest BCUT2D eigenvalue weighted by molar-refractivity contribution is -0.117. The van der Waals surface area contributed by atoms with Gasteiger partial charge in [-0.25, -0.2) is 4.99 Å². The molecule has 2 nitrogen and oxygen atoms in total. The van der Waals surface area contributed by atoms with Gasteiger partial charge in [-0.1, -0.05) is 0 Å². The van der Waals surface area contributed by atoms with Crippen molar-refractivity contribution in [1.29, 1.82) is 0 Å². The molecule has 0 saturated carbocycles. The highest BCUT2D eigenvalue weighted by atomic mass is 19.4. The van der Waals surface area contributed by atoms with Crippen LogP contribution in [-0.2, 0) is 0 Å². The topological polar surface area (TPSA) is 15.6 Å². The van der Waals surface area contributed by atoms with Gasteiger partial charge < -0.3 is 4.90 Å². The van der Waals surface area contributed by atoms with E-state index in [0.717, 1.165) is 12.1 Å². The number of alkyl halides is 6. The fraction of sp³-hybridized carbons (Fsp3) is 0.364. The molecule has 0 bridgehead atoms. The van der Waals surface area contributed by atoms with Gasteiger partial charge in [0.25, 0.3) is 0 Å². The van der Waals surface area contributed by atoms with Crippen LogP contribution in [0.4, 0.5) is 37.7 Å². The Hall–Kier alpha value is -1.73. The van der Waals surface area contributed by atoms with E-state index in [4.69, 9.17) is 0 Å². The number of anilines is 1. The smallest absolute Gasteiger partial charge is 0.378 e. The highest BCUT2D eigenvalue weighted by Crippen LogP contribution is 2.32. The van der Waals surface area contributed by atoms with Crippen LogP contribution in [-0.4, -0.2) is 32.2 Å². The lowest BCUT2D eigenvalue weighted by atomic mass is 10.2. The fourth-order valence-corrected chi connectivity index (χ4v) is 1.24. The molecule has 0 aliphatic carbocycles. The second-order valence-electron chi connectivity index (χ2n) is 3.87. The van der Waals surface area contributed by atoms with Crippen LogP contribution >= 0.6 is 0 Å². The van der Waals surface area contributed by atoms with Crippen molar-refractivity contribution in [2.24, 2.45) is 4.99 Å². The van der Waals surface area contributed by atoms with E-state index < -0.39 is 23.8 Å². The van der Waals surface area contributed by atoms with Crippen molar-refractivity contribution in [2.75, 3.05) is 19.0 Å². The Morgan fingerprint density at radius 1 is 0.895 bits per heavy atom. The van der Waals surface area contributed by atoms with Crippen molar-refractivity contribution >= 4 is 17.1 Å². The number of nitrogens with zero attached hydrogens (tertiary/aromatic N) is 2. The van der Waals surface area contributed by atoms with Crippen LogP contribution in [0, 0.1) is 0 Å². The molecule has 0 aromatic heterocycles. The zero-order chi connectivity index (χ0) is 14.8. The highest BCUT2D eigenvalue weighted by molar-refractivity contribution is 5.96. The van der Waals surface area contributed by atoms with Crippen LogP contribution in [0.5, 0.6) is 0 Å². The summed E-state index contributed by atoms with van der Waals surface area (Å²) in [6, 6.07) is 4.94. The SMILES string of the molecule is CN(C)c1ccc(N=C(C(F)(F)F)C(F)(F)F)cc1. The largest absolute Gasteiger partial charge is 0.438 e. The van der Waals surface area contributed by atoms with Gasteiger partial charge in [0.1, 0.15) is 0 Å². The molecule has 19 heavy (non-hydrogen) atoms. The van der Waals surface area contributed by atoms with Gasteiger partial charge in [0, 0.05) is 19.8 Å². The zero-order valence-electron chi connectivity index (χ0n) is 9.97. The number of halogens is 6. The summed E-state index contributed by atoms with van der Waals surface area (Å²) in [5.74, 6) is 0. The Labute approximate surface area is 105 Å². The molecule has 0 amide bonds. The van der Waals surface area contributed by atoms with Gasteiger partial charge >= 0.3 is 12.4 Å². The van der Waals surface area contributed by atoms with Crippen LogP contribution in [0.3, 0.4) is 0 Å². The number of aliphatic imine (C=N–C) groups is 1. The van der Waals surface area contributed by atoms with Crippen LogP contribution in [0.25, 0.3) is 0 Å². The molecular weight excluding hydrogens is 274 g/mol. The maximum Gasteiger partial charge on any atom is 0.438 e. The van der Waals surface area contributed by atoms with Gasteiger partial charge in [0.2, 0.25) is 5.71 Å². The average Bonchev–Trinajstić information content (AvgIpc) is 2.23. The van der Waals surface area contributed by atoms with E-state index in [1.165, 1.54) is 12.1 Å². The molecule has 0 N–H and O–H groups in total. The fourth-order valence-electron chi connectivity index (χ4n) is 1.24. The van der Waals surface area contributed by atoms with Crippen LogP contribution < -0.4 is 4.90 Å². The molecule has 0 radical (unpaired) electrons. The van der Waals surface area contributed by atoms with Crippen molar-refractivity contribution in [1.82, 2.24) is 0 Å². The molecule has 0 saturated heterocycles. The molecule has 0 heterocycles. The monoisotopic (exact) mass is 284 g/mol. The zero-order valence-corrected chi connectivity index (χ0v) is 9.97. The highest BCUT2D eigenvalue weighted by Gasteiger charge is 2.53. The van der Waals surface area contributed by atoms with Crippen molar-refractivity contribution in [2.45, 2.75) is 12.4 Å². The number of hydrogen-bond acceptors (Lipinski definition) is 2. The van der Waals surface area contributed by atoms with Gasteiger partial charge in [-0.05, 0) is 24.3 Å².